The van der Waals surface area contributed by atoms with Gasteiger partial charge in [-0.2, -0.15) is 5.10 Å². The number of hydrogen-bond acceptors (Lipinski definition) is 3. The molecule has 0 atom stereocenters. The number of nitrogens with one attached hydrogen (secondary N) is 1. The fourth-order valence-electron chi connectivity index (χ4n) is 2.85. The third kappa shape index (κ3) is 4.14. The van der Waals surface area contributed by atoms with E-state index in [1.165, 1.54) is 5.56 Å². The molecule has 2 heterocycles. The van der Waals surface area contributed by atoms with Crippen LogP contribution in [-0.2, 0) is 11.2 Å². The Balaban J connectivity index is 1.47. The SMILES string of the molecule is CC1(C)CN(C(=O)NCCc2ccc(-n3cccn3)cc2)CCO1. The van der Waals surface area contributed by atoms with Crippen LogP contribution >= 0.6 is 0 Å². The van der Waals surface area contributed by atoms with Crippen molar-refractivity contribution in [1.82, 2.24) is 20.0 Å². The molecule has 128 valence electrons. The van der Waals surface area contributed by atoms with Gasteiger partial charge in [0.05, 0.1) is 24.4 Å². The summed E-state index contributed by atoms with van der Waals surface area (Å²) >= 11 is 0. The number of hydrogen-bond donors (Lipinski definition) is 1. The fraction of sp³-hybridized carbons (Fsp3) is 0.444. The van der Waals surface area contributed by atoms with Crippen LogP contribution in [0.3, 0.4) is 0 Å². The second-order valence-electron chi connectivity index (χ2n) is 6.63. The summed E-state index contributed by atoms with van der Waals surface area (Å²) in [6.07, 6.45) is 4.48. The number of benzene rings is 1. The predicted octanol–water partition coefficient (Wildman–Crippen LogP) is 2.24. The van der Waals surface area contributed by atoms with Gasteiger partial charge in [-0.15, -0.1) is 0 Å². The normalized spacial score (nSPS) is 16.8. The Kier molecular flexibility index (Phi) is 4.85. The highest BCUT2D eigenvalue weighted by atomic mass is 16.5. The lowest BCUT2D eigenvalue weighted by atomic mass is 10.1. The van der Waals surface area contributed by atoms with E-state index in [2.05, 4.69) is 22.5 Å². The molecule has 0 unspecified atom stereocenters. The van der Waals surface area contributed by atoms with E-state index in [1.807, 2.05) is 47.8 Å². The van der Waals surface area contributed by atoms with Crippen LogP contribution in [-0.4, -0.2) is 52.6 Å². The Hall–Kier alpha value is -2.34. The highest BCUT2D eigenvalue weighted by molar-refractivity contribution is 5.74. The van der Waals surface area contributed by atoms with Crippen molar-refractivity contribution < 1.29 is 9.53 Å². The molecule has 1 aliphatic rings. The molecule has 0 radical (unpaired) electrons. The van der Waals surface area contributed by atoms with E-state index in [0.29, 0.717) is 26.2 Å². The third-order valence-corrected chi connectivity index (χ3v) is 4.11. The van der Waals surface area contributed by atoms with Gasteiger partial charge in [-0.05, 0) is 44.0 Å². The minimum atomic E-state index is -0.266. The molecule has 6 heteroatoms. The van der Waals surface area contributed by atoms with Crippen LogP contribution in [0.25, 0.3) is 5.69 Å². The zero-order valence-electron chi connectivity index (χ0n) is 14.2. The molecule has 0 bridgehead atoms. The van der Waals surface area contributed by atoms with Gasteiger partial charge in [-0.1, -0.05) is 12.1 Å². The summed E-state index contributed by atoms with van der Waals surface area (Å²) < 4.78 is 7.46. The molecule has 1 aromatic heterocycles. The van der Waals surface area contributed by atoms with Crippen molar-refractivity contribution >= 4 is 6.03 Å². The Labute approximate surface area is 142 Å². The van der Waals surface area contributed by atoms with E-state index in [4.69, 9.17) is 4.74 Å². The summed E-state index contributed by atoms with van der Waals surface area (Å²) in [7, 11) is 0. The molecule has 0 spiro atoms. The van der Waals surface area contributed by atoms with Crippen LogP contribution < -0.4 is 5.32 Å². The number of carbonyl (C=O) groups is 1. The molecule has 2 aromatic rings. The zero-order chi connectivity index (χ0) is 17.0. The lowest BCUT2D eigenvalue weighted by Crippen LogP contribution is -2.53. The molecule has 1 fully saturated rings. The van der Waals surface area contributed by atoms with Crippen molar-refractivity contribution in [2.45, 2.75) is 25.9 Å². The summed E-state index contributed by atoms with van der Waals surface area (Å²) in [5, 5.41) is 7.20. The first-order valence-corrected chi connectivity index (χ1v) is 8.29. The standard InChI is InChI=1S/C18H24N4O2/c1-18(2)14-21(12-13-24-18)17(23)19-10-8-15-4-6-16(7-5-15)22-11-3-9-20-22/h3-7,9,11H,8,10,12-14H2,1-2H3,(H,19,23). The first-order chi connectivity index (χ1) is 11.5. The lowest BCUT2D eigenvalue weighted by Gasteiger charge is -2.38. The van der Waals surface area contributed by atoms with E-state index < -0.39 is 0 Å². The Bertz CT molecular complexity index is 665. The second-order valence-corrected chi connectivity index (χ2v) is 6.63. The molecule has 0 saturated carbocycles. The maximum absolute atomic E-state index is 12.2. The van der Waals surface area contributed by atoms with Crippen molar-refractivity contribution in [3.63, 3.8) is 0 Å². The lowest BCUT2D eigenvalue weighted by molar-refractivity contribution is -0.0733. The summed E-state index contributed by atoms with van der Waals surface area (Å²) in [6.45, 7) is 6.50. The average molecular weight is 328 g/mol. The van der Waals surface area contributed by atoms with Crippen molar-refractivity contribution in [1.29, 1.82) is 0 Å². The number of ether oxygens (including phenoxy) is 1. The minimum absolute atomic E-state index is 0.0143. The minimum Gasteiger partial charge on any atom is -0.372 e. The van der Waals surface area contributed by atoms with Crippen LogP contribution in [0.1, 0.15) is 19.4 Å². The highest BCUT2D eigenvalue weighted by Crippen LogP contribution is 2.16. The number of aromatic nitrogens is 2. The number of urea groups is 1. The van der Waals surface area contributed by atoms with Gasteiger partial charge in [0.1, 0.15) is 0 Å². The molecule has 0 aliphatic carbocycles. The van der Waals surface area contributed by atoms with Gasteiger partial charge in [0.15, 0.2) is 0 Å². The van der Waals surface area contributed by atoms with Crippen molar-refractivity contribution in [2.75, 3.05) is 26.2 Å². The molecule has 3 rings (SSSR count). The molecule has 1 N–H and O–H groups in total. The van der Waals surface area contributed by atoms with Crippen LogP contribution in [0, 0.1) is 0 Å². The summed E-state index contributed by atoms with van der Waals surface area (Å²) in [5.74, 6) is 0. The number of carbonyl (C=O) groups excluding carboxylic acids is 1. The Morgan fingerprint density at radius 1 is 1.33 bits per heavy atom. The fourth-order valence-corrected chi connectivity index (χ4v) is 2.85. The zero-order valence-corrected chi connectivity index (χ0v) is 14.2. The summed E-state index contributed by atoms with van der Waals surface area (Å²) in [4.78, 5) is 14.1. The first kappa shape index (κ1) is 16.5. The largest absolute Gasteiger partial charge is 0.372 e. The molecule has 6 nitrogen and oxygen atoms in total. The van der Waals surface area contributed by atoms with Crippen molar-refractivity contribution in [3.8, 4) is 5.69 Å². The van der Waals surface area contributed by atoms with Crippen molar-refractivity contribution in [3.05, 3.63) is 48.3 Å². The Morgan fingerprint density at radius 2 is 2.12 bits per heavy atom. The topological polar surface area (TPSA) is 59.4 Å². The maximum atomic E-state index is 12.2. The molecule has 1 aromatic carbocycles. The van der Waals surface area contributed by atoms with Gasteiger partial charge in [0, 0.05) is 25.5 Å². The molecule has 1 saturated heterocycles. The van der Waals surface area contributed by atoms with Gasteiger partial charge < -0.3 is 15.0 Å². The van der Waals surface area contributed by atoms with Crippen LogP contribution in [0.2, 0.25) is 0 Å². The van der Waals surface area contributed by atoms with E-state index in [1.54, 1.807) is 6.20 Å². The number of nitrogens with zero attached hydrogens (tertiary/aromatic N) is 3. The molecule has 24 heavy (non-hydrogen) atoms. The van der Waals surface area contributed by atoms with Gasteiger partial charge in [-0.3, -0.25) is 0 Å². The average Bonchev–Trinajstić information content (AvgIpc) is 3.09. The van der Waals surface area contributed by atoms with Crippen LogP contribution in [0.4, 0.5) is 4.79 Å². The van der Waals surface area contributed by atoms with Gasteiger partial charge >= 0.3 is 6.03 Å². The first-order valence-electron chi connectivity index (χ1n) is 8.29. The summed E-state index contributed by atoms with van der Waals surface area (Å²) in [6, 6.07) is 10.1. The number of amides is 2. The van der Waals surface area contributed by atoms with E-state index in [-0.39, 0.29) is 11.6 Å². The van der Waals surface area contributed by atoms with E-state index >= 15 is 0 Å². The van der Waals surface area contributed by atoms with Gasteiger partial charge in [-0.25, -0.2) is 9.48 Å². The van der Waals surface area contributed by atoms with Crippen LogP contribution in [0.5, 0.6) is 0 Å². The van der Waals surface area contributed by atoms with Gasteiger partial charge in [0.2, 0.25) is 0 Å². The maximum Gasteiger partial charge on any atom is 0.317 e. The summed E-state index contributed by atoms with van der Waals surface area (Å²) in [5.41, 5.74) is 1.95. The van der Waals surface area contributed by atoms with E-state index in [9.17, 15) is 4.79 Å². The van der Waals surface area contributed by atoms with E-state index in [0.717, 1.165) is 12.1 Å². The highest BCUT2D eigenvalue weighted by Gasteiger charge is 2.29. The van der Waals surface area contributed by atoms with Gasteiger partial charge in [0.25, 0.3) is 0 Å². The molecular formula is C18H24N4O2. The van der Waals surface area contributed by atoms with Crippen LogP contribution in [0.15, 0.2) is 42.7 Å². The third-order valence-electron chi connectivity index (χ3n) is 4.11. The molecule has 2 amide bonds. The Morgan fingerprint density at radius 3 is 2.79 bits per heavy atom. The number of rotatable bonds is 4. The monoisotopic (exact) mass is 328 g/mol. The molecule has 1 aliphatic heterocycles. The predicted molar refractivity (Wildman–Crippen MR) is 92.3 cm³/mol. The van der Waals surface area contributed by atoms with Crippen molar-refractivity contribution in [2.24, 2.45) is 0 Å². The molecular weight excluding hydrogens is 304 g/mol. The quantitative estimate of drug-likeness (QED) is 0.936. The smallest absolute Gasteiger partial charge is 0.317 e. The second kappa shape index (κ2) is 7.05. The number of morpholine rings is 1.